The van der Waals surface area contributed by atoms with Crippen LogP contribution in [0.1, 0.15) is 18.6 Å². The van der Waals surface area contributed by atoms with Crippen molar-refractivity contribution < 1.29 is 9.90 Å². The summed E-state index contributed by atoms with van der Waals surface area (Å²) < 4.78 is 1.70. The van der Waals surface area contributed by atoms with E-state index in [-0.39, 0.29) is 6.03 Å². The molecule has 0 bridgehead atoms. The Morgan fingerprint density at radius 3 is 2.57 bits per heavy atom. The highest BCUT2D eigenvalue weighted by Gasteiger charge is 2.07. The number of amides is 2. The molecule has 0 saturated carbocycles. The predicted molar refractivity (Wildman–Crippen MR) is 91.6 cm³/mol. The van der Waals surface area contributed by atoms with Crippen LogP contribution < -0.4 is 10.6 Å². The Bertz CT molecular complexity index is 660. The molecule has 0 aliphatic carbocycles. The van der Waals surface area contributed by atoms with E-state index in [4.69, 9.17) is 0 Å². The zero-order valence-electron chi connectivity index (χ0n) is 11.2. The number of hydrogen-bond donors (Lipinski definition) is 3. The molecule has 1 unspecified atom stereocenters. The van der Waals surface area contributed by atoms with Gasteiger partial charge in [-0.3, -0.25) is 0 Å². The molecular formula is C15H14Br2N2O2. The quantitative estimate of drug-likeness (QED) is 0.669. The second kappa shape index (κ2) is 7.06. The molecule has 4 nitrogen and oxygen atoms in total. The van der Waals surface area contributed by atoms with Gasteiger partial charge in [-0.05, 0) is 58.7 Å². The first kappa shape index (κ1) is 16.0. The lowest BCUT2D eigenvalue weighted by Gasteiger charge is -2.11. The third-order valence-electron chi connectivity index (χ3n) is 2.81. The number of halogens is 2. The minimum Gasteiger partial charge on any atom is -0.389 e. The lowest BCUT2D eigenvalue weighted by atomic mass is 10.1. The van der Waals surface area contributed by atoms with Gasteiger partial charge in [0.25, 0.3) is 0 Å². The van der Waals surface area contributed by atoms with Crippen molar-refractivity contribution in [2.75, 3.05) is 10.6 Å². The number of nitrogens with one attached hydrogen (secondary N) is 2. The number of carbonyl (C=O) groups excluding carboxylic acids is 1. The molecule has 0 aromatic heterocycles. The maximum atomic E-state index is 12.0. The Morgan fingerprint density at radius 2 is 1.90 bits per heavy atom. The Balaban J connectivity index is 2.06. The number of aliphatic hydroxyl groups is 1. The molecule has 0 aliphatic heterocycles. The summed E-state index contributed by atoms with van der Waals surface area (Å²) in [5, 5.41) is 15.0. The van der Waals surface area contributed by atoms with Crippen molar-refractivity contribution >= 4 is 49.3 Å². The highest BCUT2D eigenvalue weighted by atomic mass is 79.9. The summed E-state index contributed by atoms with van der Waals surface area (Å²) in [5.74, 6) is 0. The fraction of sp³-hybridized carbons (Fsp3) is 0.133. The summed E-state index contributed by atoms with van der Waals surface area (Å²) in [6, 6.07) is 12.2. The van der Waals surface area contributed by atoms with Gasteiger partial charge >= 0.3 is 6.03 Å². The van der Waals surface area contributed by atoms with Crippen molar-refractivity contribution in [1.82, 2.24) is 0 Å². The first-order valence-electron chi connectivity index (χ1n) is 6.27. The van der Waals surface area contributed by atoms with Crippen LogP contribution in [0.5, 0.6) is 0 Å². The van der Waals surface area contributed by atoms with Crippen LogP contribution in [-0.2, 0) is 0 Å². The Morgan fingerprint density at radius 1 is 1.14 bits per heavy atom. The smallest absolute Gasteiger partial charge is 0.323 e. The van der Waals surface area contributed by atoms with E-state index in [1.165, 1.54) is 0 Å². The molecule has 0 aliphatic rings. The third-order valence-corrected chi connectivity index (χ3v) is 3.96. The van der Waals surface area contributed by atoms with Crippen LogP contribution in [0.2, 0.25) is 0 Å². The SMILES string of the molecule is CC(O)c1cccc(NC(=O)Nc2ccc(Br)cc2Br)c1. The molecule has 21 heavy (non-hydrogen) atoms. The van der Waals surface area contributed by atoms with Crippen LogP contribution in [0.4, 0.5) is 16.2 Å². The number of anilines is 2. The lowest BCUT2D eigenvalue weighted by Crippen LogP contribution is -2.19. The van der Waals surface area contributed by atoms with Gasteiger partial charge in [0, 0.05) is 14.6 Å². The van der Waals surface area contributed by atoms with Crippen molar-refractivity contribution in [1.29, 1.82) is 0 Å². The fourth-order valence-corrected chi connectivity index (χ4v) is 2.90. The Labute approximate surface area is 139 Å². The minimum absolute atomic E-state index is 0.347. The number of aliphatic hydroxyl groups excluding tert-OH is 1. The van der Waals surface area contributed by atoms with E-state index in [0.29, 0.717) is 11.4 Å². The van der Waals surface area contributed by atoms with Crippen LogP contribution in [-0.4, -0.2) is 11.1 Å². The van der Waals surface area contributed by atoms with Crippen LogP contribution in [0.15, 0.2) is 51.4 Å². The maximum absolute atomic E-state index is 12.0. The third kappa shape index (κ3) is 4.56. The van der Waals surface area contributed by atoms with Crippen molar-refractivity contribution in [3.8, 4) is 0 Å². The van der Waals surface area contributed by atoms with E-state index in [2.05, 4.69) is 42.5 Å². The molecule has 0 fully saturated rings. The topological polar surface area (TPSA) is 61.4 Å². The summed E-state index contributed by atoms with van der Waals surface area (Å²) in [5.41, 5.74) is 2.04. The number of carbonyl (C=O) groups is 1. The van der Waals surface area contributed by atoms with E-state index in [0.717, 1.165) is 14.5 Å². The van der Waals surface area contributed by atoms with Gasteiger partial charge in [0.1, 0.15) is 0 Å². The minimum atomic E-state index is -0.574. The normalized spacial score (nSPS) is 11.8. The summed E-state index contributed by atoms with van der Waals surface area (Å²) in [6.45, 7) is 1.68. The van der Waals surface area contributed by atoms with Gasteiger partial charge in [-0.15, -0.1) is 0 Å². The van der Waals surface area contributed by atoms with Crippen molar-refractivity contribution in [2.45, 2.75) is 13.0 Å². The van der Waals surface area contributed by atoms with Crippen molar-refractivity contribution in [3.63, 3.8) is 0 Å². The van der Waals surface area contributed by atoms with Gasteiger partial charge in [-0.2, -0.15) is 0 Å². The monoisotopic (exact) mass is 412 g/mol. The second-order valence-electron chi connectivity index (χ2n) is 4.50. The van der Waals surface area contributed by atoms with Gasteiger partial charge in [0.2, 0.25) is 0 Å². The van der Waals surface area contributed by atoms with Gasteiger partial charge < -0.3 is 15.7 Å². The van der Waals surface area contributed by atoms with Gasteiger partial charge in [0.15, 0.2) is 0 Å². The Hall–Kier alpha value is -1.37. The summed E-state index contributed by atoms with van der Waals surface area (Å²) in [7, 11) is 0. The maximum Gasteiger partial charge on any atom is 0.323 e. The van der Waals surface area contributed by atoms with Gasteiger partial charge in [0.05, 0.1) is 11.8 Å². The van der Waals surface area contributed by atoms with E-state index < -0.39 is 6.10 Å². The zero-order chi connectivity index (χ0) is 15.4. The lowest BCUT2D eigenvalue weighted by molar-refractivity contribution is 0.199. The molecule has 0 saturated heterocycles. The summed E-state index contributed by atoms with van der Waals surface area (Å²) >= 11 is 6.74. The highest BCUT2D eigenvalue weighted by molar-refractivity contribution is 9.11. The molecule has 110 valence electrons. The second-order valence-corrected chi connectivity index (χ2v) is 6.27. The standard InChI is InChI=1S/C15H14Br2N2O2/c1-9(20)10-3-2-4-12(7-10)18-15(21)19-14-6-5-11(16)8-13(14)17/h2-9,20H,1H3,(H2,18,19,21). The molecule has 0 spiro atoms. The van der Waals surface area contributed by atoms with E-state index in [1.807, 2.05) is 12.1 Å². The Kier molecular flexibility index (Phi) is 5.39. The van der Waals surface area contributed by atoms with Crippen molar-refractivity contribution in [3.05, 3.63) is 57.0 Å². The molecular weight excluding hydrogens is 400 g/mol. The number of hydrogen-bond acceptors (Lipinski definition) is 2. The molecule has 1 atom stereocenters. The zero-order valence-corrected chi connectivity index (χ0v) is 14.4. The fourth-order valence-electron chi connectivity index (χ4n) is 1.75. The van der Waals surface area contributed by atoms with Crippen LogP contribution >= 0.6 is 31.9 Å². The molecule has 3 N–H and O–H groups in total. The number of rotatable bonds is 3. The summed E-state index contributed by atoms with van der Waals surface area (Å²) in [6.07, 6.45) is -0.574. The molecule has 2 aromatic rings. The molecule has 2 amide bonds. The van der Waals surface area contributed by atoms with Crippen LogP contribution in [0.3, 0.4) is 0 Å². The molecule has 2 aromatic carbocycles. The molecule has 6 heteroatoms. The van der Waals surface area contributed by atoms with Crippen LogP contribution in [0.25, 0.3) is 0 Å². The average Bonchev–Trinajstić information content (AvgIpc) is 2.42. The molecule has 0 radical (unpaired) electrons. The van der Waals surface area contributed by atoms with Gasteiger partial charge in [-0.25, -0.2) is 4.79 Å². The number of benzene rings is 2. The molecule has 0 heterocycles. The average molecular weight is 414 g/mol. The summed E-state index contributed by atoms with van der Waals surface area (Å²) in [4.78, 5) is 12.0. The van der Waals surface area contributed by atoms with E-state index in [9.17, 15) is 9.90 Å². The van der Waals surface area contributed by atoms with E-state index in [1.54, 1.807) is 37.3 Å². The predicted octanol–water partition coefficient (Wildman–Crippen LogP) is 4.91. The largest absolute Gasteiger partial charge is 0.389 e. The first-order chi connectivity index (χ1) is 9.95. The van der Waals surface area contributed by atoms with Crippen molar-refractivity contribution in [2.24, 2.45) is 0 Å². The van der Waals surface area contributed by atoms with E-state index >= 15 is 0 Å². The molecule has 2 rings (SSSR count). The van der Waals surface area contributed by atoms with Gasteiger partial charge in [-0.1, -0.05) is 28.1 Å². The van der Waals surface area contributed by atoms with Crippen LogP contribution in [0, 0.1) is 0 Å². The highest BCUT2D eigenvalue weighted by Crippen LogP contribution is 2.26. The first-order valence-corrected chi connectivity index (χ1v) is 7.85. The number of urea groups is 1.